The van der Waals surface area contributed by atoms with Crippen LogP contribution in [0, 0.1) is 6.92 Å². The maximum absolute atomic E-state index is 6.60. The Morgan fingerprint density at radius 1 is 0.885 bits per heavy atom. The number of hydrogen-bond donors (Lipinski definition) is 0. The van der Waals surface area contributed by atoms with Crippen LogP contribution in [0.25, 0.3) is 16.5 Å². The van der Waals surface area contributed by atoms with Crippen LogP contribution in [-0.2, 0) is 6.54 Å². The van der Waals surface area contributed by atoms with Gasteiger partial charge in [-0.05, 0) is 46.6 Å². The van der Waals surface area contributed by atoms with Gasteiger partial charge in [0.1, 0.15) is 12.2 Å². The molecule has 0 aliphatic rings. The summed E-state index contributed by atoms with van der Waals surface area (Å²) >= 11 is 13.1. The van der Waals surface area contributed by atoms with Gasteiger partial charge in [0.2, 0.25) is 0 Å². The van der Waals surface area contributed by atoms with Gasteiger partial charge in [0.05, 0.1) is 0 Å². The fraction of sp³-hybridized carbons (Fsp3) is 0.0952. The third kappa shape index (κ3) is 3.39. The minimum atomic E-state index is 0. The van der Waals surface area contributed by atoms with E-state index in [0.29, 0.717) is 16.9 Å². The fourth-order valence-electron chi connectivity index (χ4n) is 3.19. The molecule has 1 heterocycles. The average molecular weight is 448 g/mol. The number of hydrogen-bond acceptors (Lipinski definition) is 0. The van der Waals surface area contributed by atoms with Crippen molar-refractivity contribution in [3.8, 4) is 5.69 Å². The molecular weight excluding hydrogens is 431 g/mol. The molecule has 26 heavy (non-hydrogen) atoms. The molecule has 0 saturated heterocycles. The third-order valence-electron chi connectivity index (χ3n) is 4.43. The van der Waals surface area contributed by atoms with Crippen LogP contribution in [-0.4, -0.2) is 4.57 Å². The summed E-state index contributed by atoms with van der Waals surface area (Å²) < 4.78 is 3.95. The van der Waals surface area contributed by atoms with Crippen LogP contribution < -0.4 is 21.5 Å². The summed E-state index contributed by atoms with van der Waals surface area (Å²) in [5.41, 5.74) is 3.40. The van der Waals surface area contributed by atoms with Gasteiger partial charge in [0.15, 0.2) is 0 Å². The van der Waals surface area contributed by atoms with Crippen LogP contribution >= 0.6 is 23.2 Å². The zero-order chi connectivity index (χ0) is 17.4. The van der Waals surface area contributed by atoms with E-state index in [-0.39, 0.29) is 17.0 Å². The lowest BCUT2D eigenvalue weighted by molar-refractivity contribution is -0.685. The lowest BCUT2D eigenvalue weighted by Crippen LogP contribution is -3.00. The lowest BCUT2D eigenvalue weighted by atomic mass is 10.0. The van der Waals surface area contributed by atoms with E-state index in [2.05, 4.69) is 43.3 Å². The highest BCUT2D eigenvalue weighted by atomic mass is 79.9. The second-order valence-electron chi connectivity index (χ2n) is 6.13. The normalized spacial score (nSPS) is 10.7. The van der Waals surface area contributed by atoms with Crippen molar-refractivity contribution < 1.29 is 21.5 Å². The van der Waals surface area contributed by atoms with Crippen molar-refractivity contribution in [3.05, 3.63) is 94.5 Å². The molecule has 0 atom stereocenters. The van der Waals surface area contributed by atoms with E-state index in [9.17, 15) is 0 Å². The minimum Gasteiger partial charge on any atom is -1.00 e. The average Bonchev–Trinajstić information content (AvgIpc) is 2.91. The number of fused-ring (bicyclic) bond motifs is 1. The first kappa shape index (κ1) is 19.0. The highest BCUT2D eigenvalue weighted by Gasteiger charge is 2.24. The van der Waals surface area contributed by atoms with Crippen LogP contribution in [0.5, 0.6) is 0 Å². The van der Waals surface area contributed by atoms with E-state index in [0.717, 1.165) is 16.6 Å². The zero-order valence-electron chi connectivity index (χ0n) is 14.2. The number of halogens is 3. The van der Waals surface area contributed by atoms with Crippen molar-refractivity contribution in [2.75, 3.05) is 0 Å². The Bertz CT molecular complexity index is 1060. The van der Waals surface area contributed by atoms with E-state index in [4.69, 9.17) is 23.2 Å². The van der Waals surface area contributed by atoms with E-state index in [1.807, 2.05) is 45.8 Å². The maximum atomic E-state index is 6.60. The van der Waals surface area contributed by atoms with Crippen molar-refractivity contribution in [2.45, 2.75) is 13.5 Å². The van der Waals surface area contributed by atoms with Gasteiger partial charge >= 0.3 is 0 Å². The van der Waals surface area contributed by atoms with Gasteiger partial charge in [-0.15, -0.1) is 0 Å². The molecule has 0 N–H and O–H groups in total. The maximum Gasteiger partial charge on any atom is 0.260 e. The molecule has 0 spiro atoms. The number of nitrogens with zero attached hydrogens (tertiary/aromatic N) is 2. The Balaban J connectivity index is 0.00000196. The zero-order valence-corrected chi connectivity index (χ0v) is 17.3. The van der Waals surface area contributed by atoms with E-state index < -0.39 is 0 Å². The van der Waals surface area contributed by atoms with Gasteiger partial charge in [-0.2, -0.15) is 4.57 Å². The highest BCUT2D eigenvalue weighted by molar-refractivity contribution is 6.40. The predicted octanol–water partition coefficient (Wildman–Crippen LogP) is 2.59. The van der Waals surface area contributed by atoms with Gasteiger partial charge in [0.25, 0.3) is 16.6 Å². The molecule has 132 valence electrons. The monoisotopic (exact) mass is 446 g/mol. The molecule has 3 aromatic carbocycles. The highest BCUT2D eigenvalue weighted by Crippen LogP contribution is 2.30. The van der Waals surface area contributed by atoms with Crippen LogP contribution in [0.15, 0.2) is 73.1 Å². The van der Waals surface area contributed by atoms with Gasteiger partial charge in [-0.3, -0.25) is 0 Å². The molecular formula is C21H17BrCl2N2. The van der Waals surface area contributed by atoms with Gasteiger partial charge in [-0.25, -0.2) is 4.57 Å². The number of benzene rings is 3. The van der Waals surface area contributed by atoms with Crippen LogP contribution in [0.2, 0.25) is 10.3 Å². The van der Waals surface area contributed by atoms with Gasteiger partial charge in [-0.1, -0.05) is 66.7 Å². The standard InChI is InChI=1S/C21H17Cl2N2.BrH/c1-15-11-12-17-9-5-6-10-18(17)19(15)25-14-24(20(22)21(25)23)13-16-7-3-2-4-8-16;/h2-12,14H,13H2,1H3;1H/q+1;/p-1. The number of rotatable bonds is 3. The number of aromatic nitrogens is 2. The minimum absolute atomic E-state index is 0. The molecule has 0 fully saturated rings. The summed E-state index contributed by atoms with van der Waals surface area (Å²) in [4.78, 5) is 0. The molecule has 0 bridgehead atoms. The first-order valence-corrected chi connectivity index (χ1v) is 8.89. The summed E-state index contributed by atoms with van der Waals surface area (Å²) in [6.07, 6.45) is 1.98. The Hall–Kier alpha value is -1.81. The summed E-state index contributed by atoms with van der Waals surface area (Å²) in [6, 6.07) is 22.8. The second kappa shape index (κ2) is 7.83. The van der Waals surface area contributed by atoms with Gasteiger partial charge in [0, 0.05) is 5.39 Å². The topological polar surface area (TPSA) is 8.81 Å². The molecule has 1 aromatic heterocycles. The lowest BCUT2D eigenvalue weighted by Gasteiger charge is -2.07. The smallest absolute Gasteiger partial charge is 0.260 e. The molecule has 4 aromatic rings. The van der Waals surface area contributed by atoms with Crippen molar-refractivity contribution >= 4 is 34.0 Å². The molecule has 2 nitrogen and oxygen atoms in total. The molecule has 0 radical (unpaired) electrons. The molecule has 0 amide bonds. The number of imidazole rings is 1. The molecule has 5 heteroatoms. The van der Waals surface area contributed by atoms with E-state index in [1.54, 1.807) is 0 Å². The fourth-order valence-corrected chi connectivity index (χ4v) is 3.62. The summed E-state index contributed by atoms with van der Waals surface area (Å²) in [6.45, 7) is 2.77. The van der Waals surface area contributed by atoms with E-state index >= 15 is 0 Å². The Morgan fingerprint density at radius 3 is 2.35 bits per heavy atom. The van der Waals surface area contributed by atoms with Crippen molar-refractivity contribution in [3.63, 3.8) is 0 Å². The van der Waals surface area contributed by atoms with Crippen LogP contribution in [0.3, 0.4) is 0 Å². The van der Waals surface area contributed by atoms with Crippen LogP contribution in [0.4, 0.5) is 0 Å². The first-order valence-electron chi connectivity index (χ1n) is 8.13. The largest absolute Gasteiger partial charge is 1.00 e. The predicted molar refractivity (Wildman–Crippen MR) is 104 cm³/mol. The molecule has 0 aliphatic carbocycles. The Labute approximate surface area is 173 Å². The number of aryl methyl sites for hydroxylation is 1. The summed E-state index contributed by atoms with van der Waals surface area (Å²) in [5, 5.41) is 3.40. The third-order valence-corrected chi connectivity index (χ3v) is 5.28. The molecule has 0 unspecified atom stereocenters. The second-order valence-corrected chi connectivity index (χ2v) is 6.85. The quantitative estimate of drug-likeness (QED) is 0.427. The first-order chi connectivity index (χ1) is 12.1. The summed E-state index contributed by atoms with van der Waals surface area (Å²) in [7, 11) is 0. The van der Waals surface area contributed by atoms with Crippen molar-refractivity contribution in [1.82, 2.24) is 4.57 Å². The Morgan fingerprint density at radius 2 is 1.58 bits per heavy atom. The molecule has 0 saturated carbocycles. The molecule has 4 rings (SSSR count). The summed E-state index contributed by atoms with van der Waals surface area (Å²) in [5.74, 6) is 0. The Kier molecular flexibility index (Phi) is 5.71. The van der Waals surface area contributed by atoms with Crippen molar-refractivity contribution in [2.24, 2.45) is 0 Å². The van der Waals surface area contributed by atoms with Gasteiger partial charge < -0.3 is 17.0 Å². The SMILES string of the molecule is Cc1ccc2ccccc2c1-n1c[n+](Cc2ccccc2)c(Cl)c1Cl.[Br-]. The van der Waals surface area contributed by atoms with E-state index in [1.165, 1.54) is 10.9 Å². The van der Waals surface area contributed by atoms with Crippen LogP contribution in [0.1, 0.15) is 11.1 Å². The van der Waals surface area contributed by atoms with Crippen molar-refractivity contribution in [1.29, 1.82) is 0 Å². The molecule has 0 aliphatic heterocycles.